The average molecular weight is 409 g/mol. The highest BCUT2D eigenvalue weighted by Crippen LogP contribution is 2.23. The minimum atomic E-state index is -0.175. The van der Waals surface area contributed by atoms with Crippen LogP contribution < -0.4 is 10.2 Å². The standard InChI is InChI=1S/C26H24N4O/c1-20-24(29-26(31)23-14-16-27-17-15-23)12-13-25(28-20)30(18-21-8-4-2-5-9-21)19-22-10-6-3-7-11-22/h2-17H,18-19H2,1H3,(H,29,31). The number of nitrogens with one attached hydrogen (secondary N) is 1. The number of carbonyl (C=O) groups excluding carboxylic acids is 1. The molecule has 5 heteroatoms. The average Bonchev–Trinajstić information content (AvgIpc) is 2.82. The van der Waals surface area contributed by atoms with Gasteiger partial charge in [-0.2, -0.15) is 0 Å². The van der Waals surface area contributed by atoms with Crippen molar-refractivity contribution in [3.8, 4) is 0 Å². The fourth-order valence-corrected chi connectivity index (χ4v) is 3.38. The number of hydrogen-bond acceptors (Lipinski definition) is 4. The van der Waals surface area contributed by atoms with E-state index in [2.05, 4.69) is 39.5 Å². The Kier molecular flexibility index (Phi) is 6.33. The van der Waals surface area contributed by atoms with Crippen molar-refractivity contribution in [3.05, 3.63) is 120 Å². The number of rotatable bonds is 7. The van der Waals surface area contributed by atoms with Crippen molar-refractivity contribution in [1.29, 1.82) is 0 Å². The summed E-state index contributed by atoms with van der Waals surface area (Å²) in [5.41, 5.74) is 4.46. The lowest BCUT2D eigenvalue weighted by molar-refractivity contribution is 0.102. The molecule has 0 atom stereocenters. The van der Waals surface area contributed by atoms with E-state index in [1.54, 1.807) is 24.5 Å². The van der Waals surface area contributed by atoms with Crippen molar-refractivity contribution in [1.82, 2.24) is 9.97 Å². The molecule has 2 aromatic heterocycles. The second kappa shape index (κ2) is 9.67. The fourth-order valence-electron chi connectivity index (χ4n) is 3.38. The summed E-state index contributed by atoms with van der Waals surface area (Å²) >= 11 is 0. The van der Waals surface area contributed by atoms with E-state index in [0.29, 0.717) is 11.3 Å². The van der Waals surface area contributed by atoms with Gasteiger partial charge in [-0.15, -0.1) is 0 Å². The normalized spacial score (nSPS) is 10.5. The van der Waals surface area contributed by atoms with Gasteiger partial charge in [0, 0.05) is 31.0 Å². The molecule has 5 nitrogen and oxygen atoms in total. The number of aromatic nitrogens is 2. The first-order valence-corrected chi connectivity index (χ1v) is 10.2. The molecular formula is C26H24N4O. The van der Waals surface area contributed by atoms with Gasteiger partial charge >= 0.3 is 0 Å². The van der Waals surface area contributed by atoms with Gasteiger partial charge in [0.2, 0.25) is 0 Å². The Bertz CT molecular complexity index is 1090. The topological polar surface area (TPSA) is 58.1 Å². The Morgan fingerprint density at radius 1 is 0.806 bits per heavy atom. The zero-order valence-corrected chi connectivity index (χ0v) is 17.4. The first kappa shape index (κ1) is 20.3. The molecule has 0 bridgehead atoms. The smallest absolute Gasteiger partial charge is 0.255 e. The maximum absolute atomic E-state index is 12.5. The monoisotopic (exact) mass is 408 g/mol. The van der Waals surface area contributed by atoms with Gasteiger partial charge in [0.05, 0.1) is 11.4 Å². The van der Waals surface area contributed by atoms with Crippen molar-refractivity contribution in [2.24, 2.45) is 0 Å². The van der Waals surface area contributed by atoms with E-state index in [-0.39, 0.29) is 5.91 Å². The van der Waals surface area contributed by atoms with Crippen molar-refractivity contribution in [2.75, 3.05) is 10.2 Å². The largest absolute Gasteiger partial charge is 0.348 e. The summed E-state index contributed by atoms with van der Waals surface area (Å²) in [6, 6.07) is 28.0. The molecule has 0 saturated carbocycles. The zero-order chi connectivity index (χ0) is 21.5. The predicted molar refractivity (Wildman–Crippen MR) is 124 cm³/mol. The van der Waals surface area contributed by atoms with E-state index in [9.17, 15) is 4.79 Å². The summed E-state index contributed by atoms with van der Waals surface area (Å²) in [6.07, 6.45) is 3.21. The number of pyridine rings is 2. The Balaban J connectivity index is 1.57. The van der Waals surface area contributed by atoms with Crippen LogP contribution in [0.5, 0.6) is 0 Å². The van der Waals surface area contributed by atoms with Gasteiger partial charge in [-0.05, 0) is 42.3 Å². The van der Waals surface area contributed by atoms with Crippen LogP contribution in [-0.2, 0) is 13.1 Å². The summed E-state index contributed by atoms with van der Waals surface area (Å²) in [4.78, 5) is 23.5. The van der Waals surface area contributed by atoms with Crippen LogP contribution in [0.15, 0.2) is 97.3 Å². The molecule has 2 aromatic carbocycles. The van der Waals surface area contributed by atoms with Crippen LogP contribution in [0, 0.1) is 6.92 Å². The number of carbonyl (C=O) groups is 1. The van der Waals surface area contributed by atoms with Crippen LogP contribution in [0.25, 0.3) is 0 Å². The summed E-state index contributed by atoms with van der Waals surface area (Å²) in [7, 11) is 0. The summed E-state index contributed by atoms with van der Waals surface area (Å²) in [6.45, 7) is 3.39. The first-order valence-electron chi connectivity index (χ1n) is 10.2. The minimum absolute atomic E-state index is 0.175. The van der Waals surface area contributed by atoms with Crippen LogP contribution in [0.2, 0.25) is 0 Å². The van der Waals surface area contributed by atoms with Gasteiger partial charge in [-0.25, -0.2) is 4.98 Å². The number of aryl methyl sites for hydroxylation is 1. The molecule has 0 saturated heterocycles. The maximum Gasteiger partial charge on any atom is 0.255 e. The second-order valence-electron chi connectivity index (χ2n) is 7.32. The van der Waals surface area contributed by atoms with Crippen LogP contribution in [0.4, 0.5) is 11.5 Å². The third-order valence-electron chi connectivity index (χ3n) is 5.02. The molecule has 2 heterocycles. The van der Waals surface area contributed by atoms with Gasteiger partial charge in [0.1, 0.15) is 5.82 Å². The van der Waals surface area contributed by atoms with Crippen LogP contribution in [0.1, 0.15) is 27.2 Å². The lowest BCUT2D eigenvalue weighted by Crippen LogP contribution is -2.23. The highest BCUT2D eigenvalue weighted by Gasteiger charge is 2.13. The maximum atomic E-state index is 12.5. The third kappa shape index (κ3) is 5.34. The molecule has 0 aliphatic heterocycles. The highest BCUT2D eigenvalue weighted by molar-refractivity contribution is 6.04. The summed E-state index contributed by atoms with van der Waals surface area (Å²) in [5, 5.41) is 2.94. The lowest BCUT2D eigenvalue weighted by atomic mass is 10.1. The van der Waals surface area contributed by atoms with Gasteiger partial charge in [0.25, 0.3) is 5.91 Å². The van der Waals surface area contributed by atoms with Crippen molar-refractivity contribution in [3.63, 3.8) is 0 Å². The van der Waals surface area contributed by atoms with Crippen LogP contribution in [-0.4, -0.2) is 15.9 Å². The molecular weight excluding hydrogens is 384 g/mol. The Morgan fingerprint density at radius 2 is 1.39 bits per heavy atom. The molecule has 0 unspecified atom stereocenters. The molecule has 1 N–H and O–H groups in total. The van der Waals surface area contributed by atoms with E-state index in [1.165, 1.54) is 11.1 Å². The van der Waals surface area contributed by atoms with E-state index >= 15 is 0 Å². The summed E-state index contributed by atoms with van der Waals surface area (Å²) < 4.78 is 0. The summed E-state index contributed by atoms with van der Waals surface area (Å²) in [5.74, 6) is 0.692. The SMILES string of the molecule is Cc1nc(N(Cc2ccccc2)Cc2ccccc2)ccc1NC(=O)c1ccncc1. The van der Waals surface area contributed by atoms with Crippen LogP contribution >= 0.6 is 0 Å². The number of benzene rings is 2. The Hall–Kier alpha value is -3.99. The van der Waals surface area contributed by atoms with Crippen molar-refractivity contribution < 1.29 is 4.79 Å². The fraction of sp³-hybridized carbons (Fsp3) is 0.115. The molecule has 31 heavy (non-hydrogen) atoms. The van der Waals surface area contributed by atoms with Gasteiger partial charge in [0.15, 0.2) is 0 Å². The van der Waals surface area contributed by atoms with E-state index in [4.69, 9.17) is 4.98 Å². The molecule has 0 aliphatic rings. The quantitative estimate of drug-likeness (QED) is 0.454. The van der Waals surface area contributed by atoms with Gasteiger partial charge in [-0.3, -0.25) is 9.78 Å². The molecule has 0 aliphatic carbocycles. The molecule has 1 amide bonds. The second-order valence-corrected chi connectivity index (χ2v) is 7.32. The molecule has 4 rings (SSSR count). The van der Waals surface area contributed by atoms with Gasteiger partial charge in [-0.1, -0.05) is 60.7 Å². The van der Waals surface area contributed by atoms with Crippen molar-refractivity contribution in [2.45, 2.75) is 20.0 Å². The number of anilines is 2. The Morgan fingerprint density at radius 3 is 1.94 bits per heavy atom. The highest BCUT2D eigenvalue weighted by atomic mass is 16.1. The molecule has 0 radical (unpaired) electrons. The van der Waals surface area contributed by atoms with Crippen LogP contribution in [0.3, 0.4) is 0 Å². The predicted octanol–water partition coefficient (Wildman–Crippen LogP) is 5.24. The van der Waals surface area contributed by atoms with E-state index in [0.717, 1.165) is 24.6 Å². The number of hydrogen-bond donors (Lipinski definition) is 1. The lowest BCUT2D eigenvalue weighted by Gasteiger charge is -2.25. The third-order valence-corrected chi connectivity index (χ3v) is 5.02. The van der Waals surface area contributed by atoms with E-state index < -0.39 is 0 Å². The number of nitrogens with zero attached hydrogens (tertiary/aromatic N) is 3. The molecule has 0 fully saturated rings. The van der Waals surface area contributed by atoms with Gasteiger partial charge < -0.3 is 10.2 Å². The minimum Gasteiger partial charge on any atom is -0.348 e. The molecule has 0 spiro atoms. The molecule has 4 aromatic rings. The van der Waals surface area contributed by atoms with E-state index in [1.807, 2.05) is 55.5 Å². The zero-order valence-electron chi connectivity index (χ0n) is 17.4. The first-order chi connectivity index (χ1) is 15.2. The molecule has 154 valence electrons. The number of amides is 1. The van der Waals surface area contributed by atoms with Crippen molar-refractivity contribution >= 4 is 17.4 Å². The Labute approximate surface area is 182 Å².